The van der Waals surface area contributed by atoms with Crippen molar-refractivity contribution in [1.29, 1.82) is 0 Å². The number of nitrogens with zero attached hydrogens (tertiary/aromatic N) is 1. The van der Waals surface area contributed by atoms with E-state index in [0.717, 1.165) is 25.7 Å². The van der Waals surface area contributed by atoms with Crippen molar-refractivity contribution in [3.8, 4) is 5.75 Å². The molecule has 5 nitrogen and oxygen atoms in total. The highest BCUT2D eigenvalue weighted by Crippen LogP contribution is 2.42. The van der Waals surface area contributed by atoms with Crippen LogP contribution in [-0.4, -0.2) is 37.2 Å². The summed E-state index contributed by atoms with van der Waals surface area (Å²) >= 11 is 0. The smallest absolute Gasteiger partial charge is 0.218 e. The second-order valence-electron chi connectivity index (χ2n) is 8.99. The van der Waals surface area contributed by atoms with Gasteiger partial charge >= 0.3 is 0 Å². The molecule has 7 heteroatoms. The molecule has 3 aliphatic rings. The average molecular weight is 444 g/mol. The number of hydrogen-bond acceptors (Lipinski definition) is 4. The molecule has 1 saturated heterocycles. The number of ketones is 1. The zero-order chi connectivity index (χ0) is 21.6. The molecule has 2 heterocycles. The topological polar surface area (TPSA) is 63.7 Å². The van der Waals surface area contributed by atoms with Gasteiger partial charge in [-0.1, -0.05) is 12.1 Å². The number of aryl methyl sites for hydroxylation is 2. The summed E-state index contributed by atoms with van der Waals surface area (Å²) in [5, 5.41) is 0. The predicted molar refractivity (Wildman–Crippen MR) is 115 cm³/mol. The summed E-state index contributed by atoms with van der Waals surface area (Å²) in [6.07, 6.45) is 5.61. The van der Waals surface area contributed by atoms with Crippen LogP contribution in [0.5, 0.6) is 5.75 Å². The van der Waals surface area contributed by atoms with Crippen LogP contribution in [0.4, 0.5) is 4.39 Å². The first-order chi connectivity index (χ1) is 14.8. The van der Waals surface area contributed by atoms with E-state index in [0.29, 0.717) is 49.2 Å². The van der Waals surface area contributed by atoms with Crippen LogP contribution in [0.25, 0.3) is 0 Å². The molecule has 0 atom stereocenters. The SMILES string of the molecule is O=C1CC2(CCN(S(=O)(=O)Cc3ccc(F)cc3)CC2)Oc2cc3c(cc21)CCCC3. The molecule has 0 radical (unpaired) electrons. The summed E-state index contributed by atoms with van der Waals surface area (Å²) in [5.74, 6) is 0.216. The first-order valence-electron chi connectivity index (χ1n) is 10.9. The Hall–Kier alpha value is -2.25. The van der Waals surface area contributed by atoms with Gasteiger partial charge in [-0.15, -0.1) is 0 Å². The highest BCUT2D eigenvalue weighted by atomic mass is 32.2. The van der Waals surface area contributed by atoms with Crippen molar-refractivity contribution in [3.63, 3.8) is 0 Å². The fraction of sp³-hybridized carbons (Fsp3) is 0.458. The van der Waals surface area contributed by atoms with Gasteiger partial charge in [0.25, 0.3) is 0 Å². The highest BCUT2D eigenvalue weighted by Gasteiger charge is 2.45. The monoisotopic (exact) mass is 443 g/mol. The van der Waals surface area contributed by atoms with Crippen molar-refractivity contribution >= 4 is 15.8 Å². The second-order valence-corrected chi connectivity index (χ2v) is 11.0. The van der Waals surface area contributed by atoms with E-state index in [1.54, 1.807) is 0 Å². The number of hydrogen-bond donors (Lipinski definition) is 0. The van der Waals surface area contributed by atoms with E-state index in [4.69, 9.17) is 4.74 Å². The van der Waals surface area contributed by atoms with Crippen molar-refractivity contribution in [2.24, 2.45) is 0 Å². The van der Waals surface area contributed by atoms with Gasteiger partial charge in [0.15, 0.2) is 5.78 Å². The molecule has 0 amide bonds. The molecule has 1 fully saturated rings. The zero-order valence-electron chi connectivity index (χ0n) is 17.4. The van der Waals surface area contributed by atoms with Crippen LogP contribution in [0, 0.1) is 5.82 Å². The van der Waals surface area contributed by atoms with Crippen LogP contribution in [0.1, 0.15) is 59.2 Å². The molecule has 5 rings (SSSR count). The fourth-order valence-electron chi connectivity index (χ4n) is 5.06. The molecule has 0 saturated carbocycles. The molecular weight excluding hydrogens is 417 g/mol. The maximum Gasteiger partial charge on any atom is 0.218 e. The minimum Gasteiger partial charge on any atom is -0.486 e. The Morgan fingerprint density at radius 2 is 1.65 bits per heavy atom. The quantitative estimate of drug-likeness (QED) is 0.718. The molecule has 0 aromatic heterocycles. The second kappa shape index (κ2) is 7.71. The van der Waals surface area contributed by atoms with E-state index in [2.05, 4.69) is 0 Å². The molecular formula is C24H26FNO4S. The lowest BCUT2D eigenvalue weighted by atomic mass is 9.81. The first-order valence-corrected chi connectivity index (χ1v) is 12.5. The summed E-state index contributed by atoms with van der Waals surface area (Å²) in [7, 11) is -3.52. The lowest BCUT2D eigenvalue weighted by Crippen LogP contribution is -2.52. The molecule has 0 N–H and O–H groups in total. The van der Waals surface area contributed by atoms with Gasteiger partial charge in [-0.3, -0.25) is 4.79 Å². The molecule has 1 aliphatic carbocycles. The number of Topliss-reactive ketones (excluding diaryl/α,β-unsaturated/α-hetero) is 1. The Kier molecular flexibility index (Phi) is 5.13. The van der Waals surface area contributed by atoms with Gasteiger partial charge in [0.1, 0.15) is 17.2 Å². The Morgan fingerprint density at radius 1 is 1.00 bits per heavy atom. The van der Waals surface area contributed by atoms with Gasteiger partial charge in [-0.25, -0.2) is 17.1 Å². The number of carbonyl (C=O) groups excluding carboxylic acids is 1. The number of piperidine rings is 1. The minimum absolute atomic E-state index is 0.0947. The lowest BCUT2D eigenvalue weighted by Gasteiger charge is -2.43. The van der Waals surface area contributed by atoms with Gasteiger partial charge in [0.2, 0.25) is 10.0 Å². The maximum atomic E-state index is 13.1. The van der Waals surface area contributed by atoms with Gasteiger partial charge in [-0.05, 0) is 66.6 Å². The molecule has 2 aromatic carbocycles. The van der Waals surface area contributed by atoms with Crippen molar-refractivity contribution in [2.45, 2.75) is 56.3 Å². The summed E-state index contributed by atoms with van der Waals surface area (Å²) in [5.41, 5.74) is 3.14. The standard InChI is InChI=1S/C24H26FNO4S/c25-20-7-5-17(6-8-20)16-31(28,29)26-11-9-24(10-12-26)15-22(27)21-13-18-3-1-2-4-19(18)14-23(21)30-24/h5-8,13-14H,1-4,9-12,15-16H2. The third-order valence-electron chi connectivity index (χ3n) is 6.84. The lowest BCUT2D eigenvalue weighted by molar-refractivity contribution is 0.00579. The van der Waals surface area contributed by atoms with Crippen molar-refractivity contribution in [1.82, 2.24) is 4.31 Å². The number of rotatable bonds is 3. The van der Waals surface area contributed by atoms with Crippen LogP contribution in [0.15, 0.2) is 36.4 Å². The number of sulfonamides is 1. The van der Waals surface area contributed by atoms with Crippen LogP contribution in [-0.2, 0) is 28.6 Å². The molecule has 31 heavy (non-hydrogen) atoms. The van der Waals surface area contributed by atoms with Gasteiger partial charge in [0, 0.05) is 25.9 Å². The average Bonchev–Trinajstić information content (AvgIpc) is 2.74. The van der Waals surface area contributed by atoms with Crippen LogP contribution >= 0.6 is 0 Å². The summed E-state index contributed by atoms with van der Waals surface area (Å²) in [6.45, 7) is 0.633. The zero-order valence-corrected chi connectivity index (χ0v) is 18.2. The maximum absolute atomic E-state index is 13.1. The Bertz CT molecular complexity index is 1120. The number of carbonyl (C=O) groups is 1. The summed E-state index contributed by atoms with van der Waals surface area (Å²) in [4.78, 5) is 12.9. The molecule has 164 valence electrons. The van der Waals surface area contributed by atoms with E-state index in [1.807, 2.05) is 12.1 Å². The highest BCUT2D eigenvalue weighted by molar-refractivity contribution is 7.88. The molecule has 1 spiro atoms. The predicted octanol–water partition coefficient (Wildman–Crippen LogP) is 4.03. The number of benzene rings is 2. The van der Waals surface area contributed by atoms with Crippen LogP contribution in [0.2, 0.25) is 0 Å². The largest absolute Gasteiger partial charge is 0.486 e. The van der Waals surface area contributed by atoms with E-state index in [9.17, 15) is 17.6 Å². The van der Waals surface area contributed by atoms with Crippen LogP contribution < -0.4 is 4.74 Å². The molecule has 0 unspecified atom stereocenters. The van der Waals surface area contributed by atoms with Gasteiger partial charge in [0.05, 0.1) is 17.7 Å². The van der Waals surface area contributed by atoms with Crippen molar-refractivity contribution in [3.05, 3.63) is 64.5 Å². The van der Waals surface area contributed by atoms with Gasteiger partial charge < -0.3 is 4.74 Å². The minimum atomic E-state index is -3.52. The van der Waals surface area contributed by atoms with E-state index in [1.165, 1.54) is 39.7 Å². The summed E-state index contributed by atoms with van der Waals surface area (Å²) in [6, 6.07) is 9.60. The van der Waals surface area contributed by atoms with Crippen molar-refractivity contribution in [2.75, 3.05) is 13.1 Å². The van der Waals surface area contributed by atoms with Crippen molar-refractivity contribution < 1.29 is 22.3 Å². The van der Waals surface area contributed by atoms with Gasteiger partial charge in [-0.2, -0.15) is 0 Å². The number of ether oxygens (including phenoxy) is 1. The Morgan fingerprint density at radius 3 is 2.32 bits per heavy atom. The number of halogens is 1. The third-order valence-corrected chi connectivity index (χ3v) is 8.69. The van der Waals surface area contributed by atoms with E-state index in [-0.39, 0.29) is 17.4 Å². The molecule has 2 aliphatic heterocycles. The first kappa shape index (κ1) is 20.6. The molecule has 0 bridgehead atoms. The van der Waals surface area contributed by atoms with E-state index >= 15 is 0 Å². The summed E-state index contributed by atoms with van der Waals surface area (Å²) < 4.78 is 46.7. The van der Waals surface area contributed by atoms with Crippen LogP contribution in [0.3, 0.4) is 0 Å². The Labute approximate surface area is 182 Å². The van der Waals surface area contributed by atoms with E-state index < -0.39 is 15.6 Å². The number of fused-ring (bicyclic) bond motifs is 2. The molecule has 2 aromatic rings. The third kappa shape index (κ3) is 4.01. The Balaban J connectivity index is 1.31. The normalized spacial score (nSPS) is 20.7. The fourth-order valence-corrected chi connectivity index (χ4v) is 6.59.